The molecule has 0 bridgehead atoms. The van der Waals surface area contributed by atoms with Crippen molar-refractivity contribution in [2.45, 2.75) is 6.54 Å². The van der Waals surface area contributed by atoms with Gasteiger partial charge in [0.2, 0.25) is 0 Å². The van der Waals surface area contributed by atoms with Crippen LogP contribution in [0.1, 0.15) is 15.9 Å². The second kappa shape index (κ2) is 5.62. The van der Waals surface area contributed by atoms with Crippen LogP contribution in [0.2, 0.25) is 5.02 Å². The first kappa shape index (κ1) is 13.7. The van der Waals surface area contributed by atoms with E-state index in [1.165, 1.54) is 0 Å². The first-order valence-corrected chi connectivity index (χ1v) is 7.09. The van der Waals surface area contributed by atoms with Gasteiger partial charge in [-0.1, -0.05) is 35.9 Å². The van der Waals surface area contributed by atoms with Crippen LogP contribution in [0.15, 0.2) is 54.7 Å². The highest BCUT2D eigenvalue weighted by atomic mass is 35.5. The third-order valence-electron chi connectivity index (χ3n) is 3.50. The fourth-order valence-corrected chi connectivity index (χ4v) is 2.53. The van der Waals surface area contributed by atoms with Gasteiger partial charge in [0.05, 0.1) is 11.1 Å². The molecule has 0 radical (unpaired) electrons. The number of H-pyrrole nitrogens is 1. The number of rotatable bonds is 3. The number of hydrogen-bond donors (Lipinski definition) is 1. The van der Waals surface area contributed by atoms with E-state index in [9.17, 15) is 4.79 Å². The molecule has 1 heterocycles. The monoisotopic (exact) mass is 298 g/mol. The number of nitrogens with zero attached hydrogens (tertiary/aromatic N) is 1. The molecule has 1 amide bonds. The molecule has 0 aliphatic heterocycles. The van der Waals surface area contributed by atoms with Crippen molar-refractivity contribution in [1.29, 1.82) is 0 Å². The SMILES string of the molecule is CN(Cc1ccc(Cl)cc1)C(=O)c1cccc2cc[nH]c12. The quantitative estimate of drug-likeness (QED) is 0.776. The molecule has 0 atom stereocenters. The van der Waals surface area contributed by atoms with Crippen molar-refractivity contribution in [1.82, 2.24) is 9.88 Å². The molecule has 3 aromatic rings. The zero-order chi connectivity index (χ0) is 14.8. The van der Waals surface area contributed by atoms with Gasteiger partial charge in [-0.05, 0) is 29.8 Å². The third kappa shape index (κ3) is 2.78. The molecule has 0 fully saturated rings. The lowest BCUT2D eigenvalue weighted by Crippen LogP contribution is -2.26. The molecule has 106 valence electrons. The van der Waals surface area contributed by atoms with Crippen molar-refractivity contribution in [2.24, 2.45) is 0 Å². The number of carbonyl (C=O) groups excluding carboxylic acids is 1. The maximum atomic E-state index is 12.6. The predicted octanol–water partition coefficient (Wildman–Crippen LogP) is 4.09. The van der Waals surface area contributed by atoms with Crippen LogP contribution in [0.25, 0.3) is 10.9 Å². The van der Waals surface area contributed by atoms with Crippen LogP contribution >= 0.6 is 11.6 Å². The van der Waals surface area contributed by atoms with Gasteiger partial charge in [-0.3, -0.25) is 4.79 Å². The highest BCUT2D eigenvalue weighted by Gasteiger charge is 2.15. The molecule has 0 aliphatic rings. The molecular weight excluding hydrogens is 284 g/mol. The molecular formula is C17H15ClN2O. The van der Waals surface area contributed by atoms with E-state index in [1.54, 1.807) is 11.9 Å². The number of halogens is 1. The molecule has 1 N–H and O–H groups in total. The summed E-state index contributed by atoms with van der Waals surface area (Å²) >= 11 is 5.87. The van der Waals surface area contributed by atoms with Crippen molar-refractivity contribution in [3.05, 3.63) is 70.9 Å². The summed E-state index contributed by atoms with van der Waals surface area (Å²) in [6.07, 6.45) is 1.85. The number of carbonyl (C=O) groups is 1. The molecule has 4 heteroatoms. The van der Waals surface area contributed by atoms with Gasteiger partial charge in [0.15, 0.2) is 0 Å². The Balaban J connectivity index is 1.84. The molecule has 1 aromatic heterocycles. The molecule has 0 saturated carbocycles. The van der Waals surface area contributed by atoms with Crippen molar-refractivity contribution in [2.75, 3.05) is 7.05 Å². The van der Waals surface area contributed by atoms with E-state index in [-0.39, 0.29) is 5.91 Å². The second-order valence-corrected chi connectivity index (χ2v) is 5.47. The fourth-order valence-electron chi connectivity index (χ4n) is 2.40. The van der Waals surface area contributed by atoms with E-state index in [0.717, 1.165) is 16.5 Å². The lowest BCUT2D eigenvalue weighted by atomic mass is 10.1. The smallest absolute Gasteiger partial charge is 0.256 e. The fraction of sp³-hybridized carbons (Fsp3) is 0.118. The summed E-state index contributed by atoms with van der Waals surface area (Å²) in [6.45, 7) is 0.549. The molecule has 2 aromatic carbocycles. The van der Waals surface area contributed by atoms with Crippen molar-refractivity contribution in [3.8, 4) is 0 Å². The van der Waals surface area contributed by atoms with Gasteiger partial charge in [-0.2, -0.15) is 0 Å². The van der Waals surface area contributed by atoms with Gasteiger partial charge in [0, 0.05) is 30.2 Å². The van der Waals surface area contributed by atoms with Crippen LogP contribution in [0.3, 0.4) is 0 Å². The summed E-state index contributed by atoms with van der Waals surface area (Å²) in [6, 6.07) is 15.2. The van der Waals surface area contributed by atoms with Crippen LogP contribution in [0, 0.1) is 0 Å². The number of fused-ring (bicyclic) bond motifs is 1. The number of aromatic amines is 1. The Morgan fingerprint density at radius 3 is 2.67 bits per heavy atom. The predicted molar refractivity (Wildman–Crippen MR) is 85.5 cm³/mol. The van der Waals surface area contributed by atoms with Gasteiger partial charge >= 0.3 is 0 Å². The lowest BCUT2D eigenvalue weighted by molar-refractivity contribution is 0.0787. The van der Waals surface area contributed by atoms with Gasteiger partial charge < -0.3 is 9.88 Å². The number of hydrogen-bond acceptors (Lipinski definition) is 1. The molecule has 0 spiro atoms. The minimum atomic E-state index is -0.00185. The normalized spacial score (nSPS) is 10.8. The largest absolute Gasteiger partial charge is 0.361 e. The Morgan fingerprint density at radius 1 is 1.14 bits per heavy atom. The molecule has 0 unspecified atom stereocenters. The maximum Gasteiger partial charge on any atom is 0.256 e. The Morgan fingerprint density at radius 2 is 1.90 bits per heavy atom. The summed E-state index contributed by atoms with van der Waals surface area (Å²) in [5, 5.41) is 1.74. The van der Waals surface area contributed by atoms with Gasteiger partial charge in [-0.15, -0.1) is 0 Å². The first-order chi connectivity index (χ1) is 10.1. The topological polar surface area (TPSA) is 36.1 Å². The summed E-state index contributed by atoms with van der Waals surface area (Å²) in [5.41, 5.74) is 2.62. The van der Waals surface area contributed by atoms with Crippen LogP contribution in [0.5, 0.6) is 0 Å². The molecule has 3 nitrogen and oxygen atoms in total. The van der Waals surface area contributed by atoms with Crippen molar-refractivity contribution in [3.63, 3.8) is 0 Å². The van der Waals surface area contributed by atoms with Crippen LogP contribution in [0.4, 0.5) is 0 Å². The number of para-hydroxylation sites is 1. The number of aromatic nitrogens is 1. The van der Waals surface area contributed by atoms with E-state index in [4.69, 9.17) is 11.6 Å². The van der Waals surface area contributed by atoms with Crippen LogP contribution < -0.4 is 0 Å². The van der Waals surface area contributed by atoms with E-state index < -0.39 is 0 Å². The number of benzene rings is 2. The lowest BCUT2D eigenvalue weighted by Gasteiger charge is -2.18. The van der Waals surface area contributed by atoms with E-state index in [2.05, 4.69) is 4.98 Å². The second-order valence-electron chi connectivity index (χ2n) is 5.04. The zero-order valence-corrected chi connectivity index (χ0v) is 12.4. The third-order valence-corrected chi connectivity index (χ3v) is 3.75. The van der Waals surface area contributed by atoms with E-state index in [0.29, 0.717) is 17.1 Å². The minimum Gasteiger partial charge on any atom is -0.361 e. The van der Waals surface area contributed by atoms with E-state index >= 15 is 0 Å². The number of amides is 1. The molecule has 21 heavy (non-hydrogen) atoms. The van der Waals surface area contributed by atoms with Gasteiger partial charge in [-0.25, -0.2) is 0 Å². The zero-order valence-electron chi connectivity index (χ0n) is 11.6. The summed E-state index contributed by atoms with van der Waals surface area (Å²) < 4.78 is 0. The van der Waals surface area contributed by atoms with Gasteiger partial charge in [0.25, 0.3) is 5.91 Å². The summed E-state index contributed by atoms with van der Waals surface area (Å²) in [7, 11) is 1.80. The van der Waals surface area contributed by atoms with Crippen LogP contribution in [-0.2, 0) is 6.54 Å². The molecule has 0 aliphatic carbocycles. The average Bonchev–Trinajstić information content (AvgIpc) is 2.97. The Bertz CT molecular complexity index is 777. The Kier molecular flexibility index (Phi) is 3.67. The maximum absolute atomic E-state index is 12.6. The standard InChI is InChI=1S/C17H15ClN2O/c1-20(11-12-5-7-14(18)8-6-12)17(21)15-4-2-3-13-9-10-19-16(13)15/h2-10,19H,11H2,1H3. The summed E-state index contributed by atoms with van der Waals surface area (Å²) in [4.78, 5) is 17.4. The average molecular weight is 299 g/mol. The van der Waals surface area contributed by atoms with Crippen molar-refractivity contribution < 1.29 is 4.79 Å². The Hall–Kier alpha value is -2.26. The highest BCUT2D eigenvalue weighted by molar-refractivity contribution is 6.30. The minimum absolute atomic E-state index is 0.00185. The Labute approximate surface area is 128 Å². The number of nitrogens with one attached hydrogen (secondary N) is 1. The molecule has 3 rings (SSSR count). The van der Waals surface area contributed by atoms with Gasteiger partial charge in [0.1, 0.15) is 0 Å². The summed E-state index contributed by atoms with van der Waals surface area (Å²) in [5.74, 6) is -0.00185. The molecule has 0 saturated heterocycles. The first-order valence-electron chi connectivity index (χ1n) is 6.71. The van der Waals surface area contributed by atoms with E-state index in [1.807, 2.05) is 54.7 Å². The van der Waals surface area contributed by atoms with Crippen molar-refractivity contribution >= 4 is 28.4 Å². The van der Waals surface area contributed by atoms with Crippen LogP contribution in [-0.4, -0.2) is 22.8 Å². The highest BCUT2D eigenvalue weighted by Crippen LogP contribution is 2.19.